The number of aromatic nitrogens is 2. The number of nitrogens with one attached hydrogen (secondary N) is 1. The van der Waals surface area contributed by atoms with E-state index in [4.69, 9.17) is 9.72 Å². The number of amides is 1. The summed E-state index contributed by atoms with van der Waals surface area (Å²) in [6.45, 7) is 8.33. The Kier molecular flexibility index (Phi) is 5.51. The summed E-state index contributed by atoms with van der Waals surface area (Å²) in [4.78, 5) is 23.0. The fourth-order valence-corrected chi connectivity index (χ4v) is 5.27. The standard InChI is InChI=1S/C25H35N3O2S/c1-16-12-21(16)28(24(29)30-25(2,3)4)14-22-26-20-11-9-18-13-17(15-31(5,6)7)8-10-19(18)23(20)27-22/h9-11,13,16-17,21H,8,12,14H2,1-7H3,(H,26,27). The molecule has 4 rings (SSSR count). The van der Waals surface area contributed by atoms with E-state index >= 15 is 0 Å². The second-order valence-corrected chi connectivity index (χ2v) is 14.6. The second kappa shape index (κ2) is 7.75. The number of hydrogen-bond donors (Lipinski definition) is 1. The zero-order valence-electron chi connectivity index (χ0n) is 19.8. The van der Waals surface area contributed by atoms with Gasteiger partial charge >= 0.3 is 6.09 Å². The molecule has 0 saturated heterocycles. The summed E-state index contributed by atoms with van der Waals surface area (Å²) in [5.41, 5.74) is 1.49. The SMILES string of the molecule is CC1CC1N(Cc1nc2c3c(ccc2[nH]1)=CC(C#S(C)(C)C)CC=3)C(=O)OC(C)(C)C. The van der Waals surface area contributed by atoms with E-state index < -0.39 is 15.0 Å². The number of hydrogen-bond acceptors (Lipinski definition) is 3. The third kappa shape index (κ3) is 5.19. The Morgan fingerprint density at radius 3 is 2.65 bits per heavy atom. The number of rotatable bonds is 3. The maximum atomic E-state index is 12.8. The summed E-state index contributed by atoms with van der Waals surface area (Å²) < 4.78 is 5.67. The lowest BCUT2D eigenvalue weighted by Crippen LogP contribution is -2.38. The molecule has 1 amide bonds. The summed E-state index contributed by atoms with van der Waals surface area (Å²) in [7, 11) is -0.779. The van der Waals surface area contributed by atoms with Crippen molar-refractivity contribution in [2.45, 2.75) is 58.7 Å². The summed E-state index contributed by atoms with van der Waals surface area (Å²) >= 11 is 0. The largest absolute Gasteiger partial charge is 0.444 e. The molecule has 3 unspecified atom stereocenters. The molecule has 6 heteroatoms. The first kappa shape index (κ1) is 22.0. The van der Waals surface area contributed by atoms with Crippen LogP contribution in [0.3, 0.4) is 0 Å². The van der Waals surface area contributed by atoms with Crippen LogP contribution in [-0.4, -0.2) is 51.4 Å². The number of ether oxygens (including phenoxy) is 1. The molecule has 2 aliphatic rings. The van der Waals surface area contributed by atoms with Gasteiger partial charge in [-0.25, -0.2) is 9.78 Å². The third-order valence-corrected chi connectivity index (χ3v) is 6.66. The first-order chi connectivity index (χ1) is 14.4. The van der Waals surface area contributed by atoms with Crippen LogP contribution in [0.5, 0.6) is 0 Å². The number of nitrogens with zero attached hydrogens (tertiary/aromatic N) is 2. The van der Waals surface area contributed by atoms with Crippen LogP contribution in [-0.2, 0) is 11.3 Å². The lowest BCUT2D eigenvalue weighted by Gasteiger charge is -2.27. The molecule has 2 aliphatic carbocycles. The van der Waals surface area contributed by atoms with Crippen molar-refractivity contribution < 1.29 is 9.53 Å². The highest BCUT2D eigenvalue weighted by atomic mass is 32.2. The van der Waals surface area contributed by atoms with Crippen LogP contribution >= 0.6 is 9.44 Å². The Bertz CT molecular complexity index is 1250. The van der Waals surface area contributed by atoms with Crippen molar-refractivity contribution in [3.8, 4) is 5.18 Å². The highest BCUT2D eigenvalue weighted by molar-refractivity contribution is 8.22. The number of fused-ring (bicyclic) bond motifs is 3. The zero-order chi connectivity index (χ0) is 22.6. The molecule has 0 spiro atoms. The van der Waals surface area contributed by atoms with Crippen LogP contribution in [0.15, 0.2) is 12.1 Å². The quantitative estimate of drug-likeness (QED) is 0.785. The highest BCUT2D eigenvalue weighted by Gasteiger charge is 2.42. The first-order valence-corrected chi connectivity index (χ1v) is 13.9. The molecule has 0 radical (unpaired) electrons. The van der Waals surface area contributed by atoms with Gasteiger partial charge in [-0.1, -0.05) is 25.1 Å². The van der Waals surface area contributed by atoms with Gasteiger partial charge < -0.3 is 9.72 Å². The minimum absolute atomic E-state index is 0.226. The Hall–Kier alpha value is -2.17. The predicted molar refractivity (Wildman–Crippen MR) is 131 cm³/mol. The Labute approximate surface area is 186 Å². The van der Waals surface area contributed by atoms with Gasteiger partial charge in [0.05, 0.1) is 17.6 Å². The van der Waals surface area contributed by atoms with Gasteiger partial charge in [0.15, 0.2) is 0 Å². The van der Waals surface area contributed by atoms with Gasteiger partial charge in [0.2, 0.25) is 0 Å². The fourth-order valence-electron chi connectivity index (χ4n) is 4.20. The van der Waals surface area contributed by atoms with E-state index in [-0.39, 0.29) is 12.1 Å². The summed E-state index contributed by atoms with van der Waals surface area (Å²) in [5.74, 6) is 1.67. The molecule has 0 bridgehead atoms. The van der Waals surface area contributed by atoms with Gasteiger partial charge in [0.25, 0.3) is 0 Å². The summed E-state index contributed by atoms with van der Waals surface area (Å²) in [5, 5.41) is 6.15. The van der Waals surface area contributed by atoms with Crippen molar-refractivity contribution in [2.24, 2.45) is 11.8 Å². The molecule has 5 nitrogen and oxygen atoms in total. The van der Waals surface area contributed by atoms with E-state index in [1.807, 2.05) is 25.7 Å². The minimum Gasteiger partial charge on any atom is -0.444 e. The molecule has 31 heavy (non-hydrogen) atoms. The Balaban J connectivity index is 1.65. The fraction of sp³-hybridized carbons (Fsp3) is 0.560. The number of carbonyl (C=O) groups is 1. The zero-order valence-corrected chi connectivity index (χ0v) is 20.6. The Morgan fingerprint density at radius 2 is 2.03 bits per heavy atom. The lowest BCUT2D eigenvalue weighted by atomic mass is 9.98. The van der Waals surface area contributed by atoms with E-state index in [0.717, 1.165) is 29.7 Å². The molecule has 1 aromatic carbocycles. The number of carbonyl (C=O) groups excluding carboxylic acids is 1. The van der Waals surface area contributed by atoms with Gasteiger partial charge in [-0.3, -0.25) is 4.90 Å². The normalized spacial score (nSPS) is 22.7. The van der Waals surface area contributed by atoms with Gasteiger partial charge in [-0.15, -0.1) is 5.18 Å². The predicted octanol–water partition coefficient (Wildman–Crippen LogP) is 3.94. The van der Waals surface area contributed by atoms with Crippen molar-refractivity contribution >= 4 is 38.7 Å². The van der Waals surface area contributed by atoms with E-state index in [0.29, 0.717) is 18.4 Å². The minimum atomic E-state index is -0.779. The van der Waals surface area contributed by atoms with Crippen LogP contribution in [0, 0.1) is 17.0 Å². The molecule has 168 valence electrons. The first-order valence-electron chi connectivity index (χ1n) is 11.0. The average Bonchev–Trinajstić information content (AvgIpc) is 3.19. The molecule has 0 aliphatic heterocycles. The maximum Gasteiger partial charge on any atom is 0.410 e. The second-order valence-electron chi connectivity index (χ2n) is 10.7. The maximum absolute atomic E-state index is 12.8. The number of benzene rings is 1. The Morgan fingerprint density at radius 1 is 1.32 bits per heavy atom. The van der Waals surface area contributed by atoms with E-state index in [1.54, 1.807) is 0 Å². The number of H-pyrrole nitrogens is 1. The molecule has 1 fully saturated rings. The van der Waals surface area contributed by atoms with Gasteiger partial charge in [0.1, 0.15) is 11.4 Å². The smallest absolute Gasteiger partial charge is 0.410 e. The molecule has 3 atom stereocenters. The molecular formula is C25H35N3O2S. The van der Waals surface area contributed by atoms with E-state index in [1.165, 1.54) is 10.4 Å². The lowest BCUT2D eigenvalue weighted by molar-refractivity contribution is 0.0203. The van der Waals surface area contributed by atoms with Crippen molar-refractivity contribution in [1.82, 2.24) is 14.9 Å². The molecule has 1 heterocycles. The third-order valence-electron chi connectivity index (χ3n) is 5.65. The highest BCUT2D eigenvalue weighted by Crippen LogP contribution is 2.36. The van der Waals surface area contributed by atoms with Crippen LogP contribution in [0.2, 0.25) is 0 Å². The van der Waals surface area contributed by atoms with Crippen LogP contribution in [0.4, 0.5) is 4.79 Å². The topological polar surface area (TPSA) is 58.2 Å². The molecule has 2 aromatic rings. The van der Waals surface area contributed by atoms with E-state index in [2.05, 4.69) is 60.1 Å². The molecule has 1 saturated carbocycles. The monoisotopic (exact) mass is 441 g/mol. The molecular weight excluding hydrogens is 406 g/mol. The molecule has 1 N–H and O–H groups in total. The van der Waals surface area contributed by atoms with E-state index in [9.17, 15) is 4.79 Å². The summed E-state index contributed by atoms with van der Waals surface area (Å²) in [6, 6.07) is 4.48. The molecule has 1 aromatic heterocycles. The van der Waals surface area contributed by atoms with Crippen molar-refractivity contribution in [3.63, 3.8) is 0 Å². The number of imidazole rings is 1. The van der Waals surface area contributed by atoms with Crippen molar-refractivity contribution in [2.75, 3.05) is 18.8 Å². The number of aromatic amines is 1. The summed E-state index contributed by atoms with van der Waals surface area (Å²) in [6.07, 6.45) is 13.1. The van der Waals surface area contributed by atoms with Gasteiger partial charge in [0, 0.05) is 17.2 Å². The van der Waals surface area contributed by atoms with Crippen LogP contribution < -0.4 is 10.4 Å². The van der Waals surface area contributed by atoms with Crippen molar-refractivity contribution in [1.29, 1.82) is 0 Å². The van der Waals surface area contributed by atoms with Crippen LogP contribution in [0.25, 0.3) is 23.2 Å². The average molecular weight is 442 g/mol. The van der Waals surface area contributed by atoms with Crippen molar-refractivity contribution in [3.05, 3.63) is 28.4 Å². The van der Waals surface area contributed by atoms with Gasteiger partial charge in [-0.05, 0) is 69.6 Å². The van der Waals surface area contributed by atoms with Gasteiger partial charge in [-0.2, -0.15) is 9.44 Å². The van der Waals surface area contributed by atoms with Crippen LogP contribution in [0.1, 0.15) is 46.4 Å².